The Labute approximate surface area is 179 Å². The summed E-state index contributed by atoms with van der Waals surface area (Å²) in [6.07, 6.45) is 3.30. The molecule has 1 N–H and O–H groups in total. The summed E-state index contributed by atoms with van der Waals surface area (Å²) in [6, 6.07) is 13.7. The lowest BCUT2D eigenvalue weighted by Gasteiger charge is -2.32. The maximum Gasteiger partial charge on any atom is 0.248 e. The topological polar surface area (TPSA) is 54.0 Å². The Bertz CT molecular complexity index is 874. The molecule has 1 aliphatic rings. The smallest absolute Gasteiger partial charge is 0.248 e. The number of benzene rings is 2. The number of hydrogen-bond acceptors (Lipinski definition) is 5. The van der Waals surface area contributed by atoms with Gasteiger partial charge in [-0.2, -0.15) is 0 Å². The zero-order valence-corrected chi connectivity index (χ0v) is 18.1. The molecule has 0 bridgehead atoms. The van der Waals surface area contributed by atoms with Gasteiger partial charge in [0.25, 0.3) is 0 Å². The molecule has 3 rings (SSSR count). The third kappa shape index (κ3) is 6.34. The highest BCUT2D eigenvalue weighted by atomic mass is 16.5. The Kier molecular flexibility index (Phi) is 7.88. The first-order valence-electron chi connectivity index (χ1n) is 10.4. The maximum absolute atomic E-state index is 12.4. The molecule has 1 aliphatic heterocycles. The Morgan fingerprint density at radius 2 is 1.90 bits per heavy atom. The zero-order chi connectivity index (χ0) is 21.3. The summed E-state index contributed by atoms with van der Waals surface area (Å²) in [6.45, 7) is 7.71. The van der Waals surface area contributed by atoms with Gasteiger partial charge in [-0.3, -0.25) is 9.69 Å². The fraction of sp³-hybridized carbons (Fsp3) is 0.375. The van der Waals surface area contributed by atoms with Crippen molar-refractivity contribution in [3.63, 3.8) is 0 Å². The monoisotopic (exact) mass is 409 g/mol. The number of hydrogen-bond donors (Lipinski definition) is 1. The van der Waals surface area contributed by atoms with Gasteiger partial charge in [0.2, 0.25) is 5.91 Å². The van der Waals surface area contributed by atoms with Gasteiger partial charge in [-0.1, -0.05) is 18.2 Å². The highest BCUT2D eigenvalue weighted by Gasteiger charge is 2.14. The van der Waals surface area contributed by atoms with Crippen LogP contribution < -0.4 is 14.8 Å². The van der Waals surface area contributed by atoms with Gasteiger partial charge in [0, 0.05) is 44.5 Å². The van der Waals surface area contributed by atoms with Gasteiger partial charge in [-0.05, 0) is 55.4 Å². The quantitative estimate of drug-likeness (QED) is 0.677. The van der Waals surface area contributed by atoms with E-state index in [9.17, 15) is 4.79 Å². The van der Waals surface area contributed by atoms with Gasteiger partial charge in [0.05, 0.1) is 13.7 Å². The van der Waals surface area contributed by atoms with Crippen LogP contribution in [0.4, 0.5) is 5.69 Å². The first-order valence-corrected chi connectivity index (χ1v) is 10.4. The largest absolute Gasteiger partial charge is 0.493 e. The fourth-order valence-corrected chi connectivity index (χ4v) is 3.43. The summed E-state index contributed by atoms with van der Waals surface area (Å²) in [5, 5.41) is 2.95. The van der Waals surface area contributed by atoms with Gasteiger partial charge in [0.1, 0.15) is 0 Å². The van der Waals surface area contributed by atoms with Crippen molar-refractivity contribution >= 4 is 17.7 Å². The molecule has 30 heavy (non-hydrogen) atoms. The Hall–Kier alpha value is -2.83. The molecule has 1 saturated heterocycles. The van der Waals surface area contributed by atoms with E-state index in [1.54, 1.807) is 13.2 Å². The third-order valence-electron chi connectivity index (χ3n) is 5.11. The number of carbonyl (C=O) groups excluding carboxylic acids is 1. The molecular formula is C24H31N3O3. The average molecular weight is 410 g/mol. The highest BCUT2D eigenvalue weighted by Crippen LogP contribution is 2.28. The van der Waals surface area contributed by atoms with E-state index >= 15 is 0 Å². The number of nitrogens with one attached hydrogen (secondary N) is 1. The lowest BCUT2D eigenvalue weighted by molar-refractivity contribution is -0.111. The second-order valence-corrected chi connectivity index (χ2v) is 7.45. The summed E-state index contributed by atoms with van der Waals surface area (Å²) in [7, 11) is 3.77. The van der Waals surface area contributed by atoms with Crippen LogP contribution in [-0.4, -0.2) is 62.7 Å². The van der Waals surface area contributed by atoms with E-state index in [0.29, 0.717) is 18.1 Å². The van der Waals surface area contributed by atoms with E-state index in [0.717, 1.165) is 44.0 Å². The molecule has 0 radical (unpaired) electrons. The normalized spacial score (nSPS) is 15.3. The van der Waals surface area contributed by atoms with Crippen LogP contribution in [-0.2, 0) is 11.3 Å². The maximum atomic E-state index is 12.4. The number of carbonyl (C=O) groups is 1. The number of piperazine rings is 1. The summed E-state index contributed by atoms with van der Waals surface area (Å²) >= 11 is 0. The van der Waals surface area contributed by atoms with Crippen LogP contribution in [0.2, 0.25) is 0 Å². The predicted molar refractivity (Wildman–Crippen MR) is 121 cm³/mol. The van der Waals surface area contributed by atoms with E-state index in [-0.39, 0.29) is 5.91 Å². The van der Waals surface area contributed by atoms with Crippen LogP contribution >= 0.6 is 0 Å². The molecule has 0 aliphatic carbocycles. The number of likely N-dealkylation sites (N-methyl/N-ethyl adjacent to an activating group) is 1. The lowest BCUT2D eigenvalue weighted by Crippen LogP contribution is -2.43. The summed E-state index contributed by atoms with van der Waals surface area (Å²) < 4.78 is 10.9. The molecule has 0 saturated carbocycles. The van der Waals surface area contributed by atoms with Crippen molar-refractivity contribution in [1.29, 1.82) is 0 Å². The molecule has 0 spiro atoms. The number of nitrogens with zero attached hydrogens (tertiary/aromatic N) is 2. The summed E-state index contributed by atoms with van der Waals surface area (Å²) in [5.74, 6) is 1.18. The molecule has 0 unspecified atom stereocenters. The van der Waals surface area contributed by atoms with Gasteiger partial charge in [-0.25, -0.2) is 0 Å². The van der Waals surface area contributed by atoms with Crippen LogP contribution in [0.15, 0.2) is 48.5 Å². The van der Waals surface area contributed by atoms with Gasteiger partial charge in [-0.15, -0.1) is 0 Å². The fourth-order valence-electron chi connectivity index (χ4n) is 3.43. The van der Waals surface area contributed by atoms with Crippen molar-refractivity contribution < 1.29 is 14.3 Å². The minimum Gasteiger partial charge on any atom is -0.493 e. The van der Waals surface area contributed by atoms with Crippen LogP contribution in [0.5, 0.6) is 11.5 Å². The Balaban J connectivity index is 1.59. The van der Waals surface area contributed by atoms with Gasteiger partial charge >= 0.3 is 0 Å². The summed E-state index contributed by atoms with van der Waals surface area (Å²) in [5.41, 5.74) is 2.89. The Morgan fingerprint density at radius 3 is 2.63 bits per heavy atom. The molecule has 1 heterocycles. The second-order valence-electron chi connectivity index (χ2n) is 7.45. The van der Waals surface area contributed by atoms with E-state index in [2.05, 4.69) is 28.2 Å². The van der Waals surface area contributed by atoms with E-state index in [1.807, 2.05) is 43.3 Å². The van der Waals surface area contributed by atoms with Gasteiger partial charge < -0.3 is 19.7 Å². The standard InChI is InChI=1S/C24H31N3O3/c1-4-30-23-17-19(8-10-22(23)29-3)9-11-24(28)25-21-7-5-6-20(16-21)18-27-14-12-26(2)13-15-27/h5-11,16-17H,4,12-15,18H2,1-3H3,(H,25,28)/b11-9-. The van der Waals surface area contributed by atoms with E-state index < -0.39 is 0 Å². The number of amides is 1. The molecule has 160 valence electrons. The summed E-state index contributed by atoms with van der Waals surface area (Å²) in [4.78, 5) is 17.2. The minimum atomic E-state index is -0.166. The number of anilines is 1. The molecule has 6 heteroatoms. The zero-order valence-electron chi connectivity index (χ0n) is 18.1. The predicted octanol–water partition coefficient (Wildman–Crippen LogP) is 3.49. The lowest BCUT2D eigenvalue weighted by atomic mass is 10.1. The molecule has 6 nitrogen and oxygen atoms in total. The first-order chi connectivity index (χ1) is 14.6. The van der Waals surface area contributed by atoms with Crippen molar-refractivity contribution in [3.05, 3.63) is 59.7 Å². The highest BCUT2D eigenvalue weighted by molar-refractivity contribution is 6.02. The molecule has 2 aromatic carbocycles. The molecule has 0 atom stereocenters. The van der Waals surface area contributed by atoms with Gasteiger partial charge in [0.15, 0.2) is 11.5 Å². The van der Waals surface area contributed by atoms with Crippen LogP contribution in [0.1, 0.15) is 18.1 Å². The second kappa shape index (κ2) is 10.8. The van der Waals surface area contributed by atoms with Crippen molar-refractivity contribution in [1.82, 2.24) is 9.80 Å². The SMILES string of the molecule is CCOc1cc(/C=C\C(=O)Nc2cccc(CN3CCN(C)CC3)c2)ccc1OC. The first kappa shape index (κ1) is 21.9. The minimum absolute atomic E-state index is 0.166. The van der Waals surface area contributed by atoms with Crippen LogP contribution in [0, 0.1) is 0 Å². The van der Waals surface area contributed by atoms with Crippen molar-refractivity contribution in [3.8, 4) is 11.5 Å². The Morgan fingerprint density at radius 1 is 1.10 bits per heavy atom. The van der Waals surface area contributed by atoms with Crippen molar-refractivity contribution in [2.75, 3.05) is 52.3 Å². The molecular weight excluding hydrogens is 378 g/mol. The number of rotatable bonds is 8. The molecule has 0 aromatic heterocycles. The molecule has 2 aromatic rings. The van der Waals surface area contributed by atoms with Crippen molar-refractivity contribution in [2.24, 2.45) is 0 Å². The van der Waals surface area contributed by atoms with Crippen LogP contribution in [0.25, 0.3) is 6.08 Å². The number of methoxy groups -OCH3 is 1. The molecule has 1 fully saturated rings. The third-order valence-corrected chi connectivity index (χ3v) is 5.11. The molecule has 1 amide bonds. The number of ether oxygens (including phenoxy) is 2. The van der Waals surface area contributed by atoms with Crippen molar-refractivity contribution in [2.45, 2.75) is 13.5 Å². The van der Waals surface area contributed by atoms with E-state index in [4.69, 9.17) is 9.47 Å². The van der Waals surface area contributed by atoms with Crippen LogP contribution in [0.3, 0.4) is 0 Å². The van der Waals surface area contributed by atoms with E-state index in [1.165, 1.54) is 11.6 Å². The average Bonchev–Trinajstić information content (AvgIpc) is 2.75.